The van der Waals surface area contributed by atoms with Gasteiger partial charge in [-0.05, 0) is 79.8 Å². The minimum Gasteiger partial charge on any atom is -0.496 e. The SMILES string of the molecule is COc1ccc([C@@H]2CCCc3nc(SCc4c(F)cccc4Cl)n(-c4ccc(F)cc4)c32)cc1C. The molecule has 0 amide bonds. The predicted octanol–water partition coefficient (Wildman–Crippen LogP) is 7.88. The van der Waals surface area contributed by atoms with Crippen molar-refractivity contribution in [3.8, 4) is 11.4 Å². The Morgan fingerprint density at radius 3 is 2.63 bits per heavy atom. The van der Waals surface area contributed by atoms with E-state index in [1.165, 1.54) is 35.5 Å². The average Bonchev–Trinajstić information content (AvgIpc) is 3.22. The zero-order chi connectivity index (χ0) is 24.5. The number of halogens is 3. The van der Waals surface area contributed by atoms with Crippen LogP contribution in [0.5, 0.6) is 5.75 Å². The first-order chi connectivity index (χ1) is 17.0. The van der Waals surface area contributed by atoms with Crippen LogP contribution >= 0.6 is 23.4 Å². The molecule has 1 aliphatic rings. The Kier molecular flexibility index (Phi) is 6.85. The fraction of sp³-hybridized carbons (Fsp3) is 0.250. The van der Waals surface area contributed by atoms with Crippen molar-refractivity contribution in [2.45, 2.75) is 43.0 Å². The topological polar surface area (TPSA) is 27.1 Å². The number of nitrogens with zero attached hydrogens (tertiary/aromatic N) is 2. The number of aromatic nitrogens is 2. The summed E-state index contributed by atoms with van der Waals surface area (Å²) in [6.45, 7) is 2.04. The number of benzene rings is 3. The maximum Gasteiger partial charge on any atom is 0.173 e. The summed E-state index contributed by atoms with van der Waals surface area (Å²) in [6, 6.07) is 17.5. The molecule has 1 aliphatic carbocycles. The predicted molar refractivity (Wildman–Crippen MR) is 137 cm³/mol. The molecule has 0 N–H and O–H groups in total. The second-order valence-electron chi connectivity index (χ2n) is 8.70. The molecule has 7 heteroatoms. The number of fused-ring (bicyclic) bond motifs is 1. The number of ether oxygens (including phenoxy) is 1. The first kappa shape index (κ1) is 23.9. The Morgan fingerprint density at radius 2 is 1.91 bits per heavy atom. The van der Waals surface area contributed by atoms with Crippen LogP contribution in [0.3, 0.4) is 0 Å². The van der Waals surface area contributed by atoms with Crippen molar-refractivity contribution in [2.24, 2.45) is 0 Å². The van der Waals surface area contributed by atoms with Gasteiger partial charge in [-0.2, -0.15) is 0 Å². The highest BCUT2D eigenvalue weighted by Gasteiger charge is 2.30. The smallest absolute Gasteiger partial charge is 0.173 e. The molecule has 0 bridgehead atoms. The molecule has 1 aromatic heterocycles. The van der Waals surface area contributed by atoms with E-state index in [9.17, 15) is 8.78 Å². The first-order valence-corrected chi connectivity index (χ1v) is 12.9. The molecule has 3 nitrogen and oxygen atoms in total. The standard InChI is InChI=1S/C28H25ClF2N2OS/c1-17-15-18(9-14-26(17)34-2)21-5-3-8-25-27(21)33(20-12-10-19(30)11-13-20)28(32-25)35-16-22-23(29)6-4-7-24(22)31/h4,6-7,9-15,21H,3,5,8,16H2,1-2H3/t21-/m0/s1. The third-order valence-corrected chi connectivity index (χ3v) is 7.83. The van der Waals surface area contributed by atoms with E-state index in [4.69, 9.17) is 21.3 Å². The lowest BCUT2D eigenvalue weighted by Crippen LogP contribution is -2.15. The molecule has 0 spiro atoms. The molecule has 5 rings (SSSR count). The Bertz CT molecular complexity index is 1350. The molecule has 1 atom stereocenters. The molecular weight excluding hydrogens is 486 g/mol. The molecule has 180 valence electrons. The lowest BCUT2D eigenvalue weighted by molar-refractivity contribution is 0.411. The minimum absolute atomic E-state index is 0.132. The summed E-state index contributed by atoms with van der Waals surface area (Å²) in [5.74, 6) is 0.704. The van der Waals surface area contributed by atoms with Crippen molar-refractivity contribution in [2.75, 3.05) is 7.11 Å². The maximum absolute atomic E-state index is 14.5. The number of rotatable bonds is 6. The summed E-state index contributed by atoms with van der Waals surface area (Å²) < 4.78 is 35.8. The molecule has 0 aliphatic heterocycles. The molecule has 3 aromatic carbocycles. The van der Waals surface area contributed by atoms with Gasteiger partial charge in [0.05, 0.1) is 18.5 Å². The lowest BCUT2D eigenvalue weighted by atomic mass is 9.83. The lowest BCUT2D eigenvalue weighted by Gasteiger charge is -2.26. The van der Waals surface area contributed by atoms with Gasteiger partial charge in [0.2, 0.25) is 0 Å². The molecule has 35 heavy (non-hydrogen) atoms. The highest BCUT2D eigenvalue weighted by atomic mass is 35.5. The molecular formula is C28H25ClF2N2OS. The monoisotopic (exact) mass is 510 g/mol. The van der Waals surface area contributed by atoms with Gasteiger partial charge in [-0.15, -0.1) is 0 Å². The molecule has 0 saturated carbocycles. The molecule has 4 aromatic rings. The van der Waals surface area contributed by atoms with Crippen LogP contribution in [0.4, 0.5) is 8.78 Å². The van der Waals surface area contributed by atoms with Crippen LogP contribution < -0.4 is 4.74 Å². The van der Waals surface area contributed by atoms with E-state index in [0.29, 0.717) is 16.3 Å². The van der Waals surface area contributed by atoms with Crippen LogP contribution in [0.15, 0.2) is 65.8 Å². The third-order valence-electron chi connectivity index (χ3n) is 6.51. The van der Waals surface area contributed by atoms with E-state index in [0.717, 1.165) is 52.8 Å². The van der Waals surface area contributed by atoms with Crippen LogP contribution in [0.25, 0.3) is 5.69 Å². The molecule has 0 fully saturated rings. The third kappa shape index (κ3) is 4.69. The summed E-state index contributed by atoms with van der Waals surface area (Å²) >= 11 is 7.72. The Labute approximate surface area is 213 Å². The van der Waals surface area contributed by atoms with Crippen molar-refractivity contribution >= 4 is 23.4 Å². The summed E-state index contributed by atoms with van der Waals surface area (Å²) in [5, 5.41) is 1.15. The van der Waals surface area contributed by atoms with E-state index in [-0.39, 0.29) is 17.6 Å². The number of aryl methyl sites for hydroxylation is 2. The van der Waals surface area contributed by atoms with E-state index in [1.807, 2.05) is 13.0 Å². The van der Waals surface area contributed by atoms with Gasteiger partial charge in [-0.3, -0.25) is 4.57 Å². The van der Waals surface area contributed by atoms with Crippen molar-refractivity contribution in [3.05, 3.63) is 105 Å². The molecule has 0 radical (unpaired) electrons. The number of hydrogen-bond donors (Lipinski definition) is 0. The van der Waals surface area contributed by atoms with Gasteiger partial charge < -0.3 is 4.74 Å². The summed E-state index contributed by atoms with van der Waals surface area (Å²) in [7, 11) is 1.68. The van der Waals surface area contributed by atoms with Crippen LogP contribution in [0.2, 0.25) is 5.02 Å². The number of methoxy groups -OCH3 is 1. The molecule has 0 saturated heterocycles. The van der Waals surface area contributed by atoms with Gasteiger partial charge >= 0.3 is 0 Å². The van der Waals surface area contributed by atoms with Gasteiger partial charge in [0.25, 0.3) is 0 Å². The fourth-order valence-corrected chi connectivity index (χ4v) is 6.18. The fourth-order valence-electron chi connectivity index (χ4n) is 4.79. The maximum atomic E-state index is 14.5. The minimum atomic E-state index is -0.332. The highest BCUT2D eigenvalue weighted by molar-refractivity contribution is 7.98. The summed E-state index contributed by atoms with van der Waals surface area (Å²) in [6.07, 6.45) is 2.87. The van der Waals surface area contributed by atoms with Crippen LogP contribution in [0, 0.1) is 18.6 Å². The summed E-state index contributed by atoms with van der Waals surface area (Å²) in [4.78, 5) is 5.00. The Morgan fingerprint density at radius 1 is 1.11 bits per heavy atom. The van der Waals surface area contributed by atoms with Crippen molar-refractivity contribution < 1.29 is 13.5 Å². The van der Waals surface area contributed by atoms with E-state index >= 15 is 0 Å². The Balaban J connectivity index is 1.61. The van der Waals surface area contributed by atoms with Gasteiger partial charge in [0.1, 0.15) is 17.4 Å². The summed E-state index contributed by atoms with van der Waals surface area (Å²) in [5.41, 5.74) is 5.69. The van der Waals surface area contributed by atoms with Gasteiger partial charge in [0, 0.05) is 27.9 Å². The van der Waals surface area contributed by atoms with Gasteiger partial charge in [-0.1, -0.05) is 41.6 Å². The molecule has 1 heterocycles. The van der Waals surface area contributed by atoms with Crippen molar-refractivity contribution in [1.82, 2.24) is 9.55 Å². The van der Waals surface area contributed by atoms with Crippen molar-refractivity contribution in [3.63, 3.8) is 0 Å². The van der Waals surface area contributed by atoms with Gasteiger partial charge in [0.15, 0.2) is 5.16 Å². The number of imidazole rings is 1. The first-order valence-electron chi connectivity index (χ1n) is 11.5. The van der Waals surface area contributed by atoms with Gasteiger partial charge in [-0.25, -0.2) is 13.8 Å². The van der Waals surface area contributed by atoms with Crippen LogP contribution in [0.1, 0.15) is 46.8 Å². The largest absolute Gasteiger partial charge is 0.496 e. The second kappa shape index (κ2) is 10.0. The number of thioether (sulfide) groups is 1. The average molecular weight is 511 g/mol. The Hall–Kier alpha value is -2.83. The van der Waals surface area contributed by atoms with E-state index in [2.05, 4.69) is 16.7 Å². The highest BCUT2D eigenvalue weighted by Crippen LogP contribution is 2.42. The van der Waals surface area contributed by atoms with Crippen molar-refractivity contribution in [1.29, 1.82) is 0 Å². The van der Waals surface area contributed by atoms with E-state index in [1.54, 1.807) is 31.4 Å². The van der Waals surface area contributed by atoms with E-state index < -0.39 is 0 Å². The van der Waals surface area contributed by atoms with Crippen LogP contribution in [-0.4, -0.2) is 16.7 Å². The normalized spacial score (nSPS) is 15.2. The zero-order valence-electron chi connectivity index (χ0n) is 19.5. The van der Waals surface area contributed by atoms with Crippen LogP contribution in [-0.2, 0) is 12.2 Å². The molecule has 0 unspecified atom stereocenters. The second-order valence-corrected chi connectivity index (χ2v) is 10.1. The number of hydrogen-bond acceptors (Lipinski definition) is 3. The zero-order valence-corrected chi connectivity index (χ0v) is 21.1. The quantitative estimate of drug-likeness (QED) is 0.247.